The fraction of sp³-hybridized carbons (Fsp3) is 0.333. The molecule has 0 saturated carbocycles. The average molecular weight is 283 g/mol. The number of anilines is 2. The summed E-state index contributed by atoms with van der Waals surface area (Å²) in [6, 6.07) is 0. The van der Waals surface area contributed by atoms with Crippen molar-refractivity contribution in [1.82, 2.24) is 9.97 Å². The van der Waals surface area contributed by atoms with Crippen LogP contribution in [0.5, 0.6) is 0 Å². The Balaban J connectivity index is 3.30. The topological polar surface area (TPSA) is 170 Å². The molecule has 11 heteroatoms. The van der Waals surface area contributed by atoms with E-state index >= 15 is 0 Å². The van der Waals surface area contributed by atoms with Crippen LogP contribution in [0, 0.1) is 10.1 Å². The third kappa shape index (κ3) is 3.76. The van der Waals surface area contributed by atoms with E-state index < -0.39 is 35.5 Å². The number of primary amides is 2. The number of amides is 2. The summed E-state index contributed by atoms with van der Waals surface area (Å²) in [5, 5.41) is 13.5. The average Bonchev–Trinajstić information content (AvgIpc) is 2.36. The standard InChI is InChI=1S/C9H13N7O4/c1-12-9-13-2-5(16(19)20)8(14-9)15(3-6(10)17)4-7(11)18/h2H,3-4H2,1H3,(H2,10,17)(H2,11,18)(H,12,13,14). The Bertz CT molecular complexity index is 531. The van der Waals surface area contributed by atoms with Gasteiger partial charge >= 0.3 is 5.69 Å². The number of rotatable bonds is 7. The molecular formula is C9H13N7O4. The molecule has 1 rings (SSSR count). The van der Waals surface area contributed by atoms with E-state index in [4.69, 9.17) is 11.5 Å². The summed E-state index contributed by atoms with van der Waals surface area (Å²) in [6.45, 7) is -0.881. The maximum Gasteiger partial charge on any atom is 0.329 e. The van der Waals surface area contributed by atoms with Crippen molar-refractivity contribution in [2.24, 2.45) is 11.5 Å². The van der Waals surface area contributed by atoms with Crippen LogP contribution >= 0.6 is 0 Å². The molecule has 1 aromatic rings. The van der Waals surface area contributed by atoms with Crippen LogP contribution < -0.4 is 21.7 Å². The molecule has 0 saturated heterocycles. The van der Waals surface area contributed by atoms with Gasteiger partial charge in [-0.2, -0.15) is 4.98 Å². The molecule has 0 fully saturated rings. The minimum atomic E-state index is -0.787. The van der Waals surface area contributed by atoms with Crippen molar-refractivity contribution in [2.45, 2.75) is 0 Å². The van der Waals surface area contributed by atoms with Gasteiger partial charge in [-0.15, -0.1) is 0 Å². The Morgan fingerprint density at radius 3 is 2.35 bits per heavy atom. The van der Waals surface area contributed by atoms with Crippen LogP contribution in [0.25, 0.3) is 0 Å². The van der Waals surface area contributed by atoms with Crippen LogP contribution in [0.15, 0.2) is 6.20 Å². The summed E-state index contributed by atoms with van der Waals surface area (Å²) >= 11 is 0. The van der Waals surface area contributed by atoms with Crippen LogP contribution in [-0.4, -0.2) is 46.8 Å². The first-order valence-electron chi connectivity index (χ1n) is 5.36. The molecule has 0 radical (unpaired) electrons. The predicted molar refractivity (Wildman–Crippen MR) is 68.8 cm³/mol. The Hall–Kier alpha value is -2.98. The maximum atomic E-state index is 11.0. The van der Waals surface area contributed by atoms with Gasteiger partial charge in [-0.25, -0.2) is 4.98 Å². The zero-order valence-electron chi connectivity index (χ0n) is 10.6. The van der Waals surface area contributed by atoms with E-state index in [0.717, 1.165) is 11.1 Å². The van der Waals surface area contributed by atoms with Crippen molar-refractivity contribution in [2.75, 3.05) is 30.4 Å². The molecule has 108 valence electrons. The van der Waals surface area contributed by atoms with E-state index in [-0.39, 0.29) is 11.8 Å². The molecule has 0 aromatic carbocycles. The van der Waals surface area contributed by atoms with Gasteiger partial charge < -0.3 is 21.7 Å². The summed E-state index contributed by atoms with van der Waals surface area (Å²) in [6.07, 6.45) is 0.961. The quantitative estimate of drug-likeness (QED) is 0.388. The van der Waals surface area contributed by atoms with Crippen molar-refractivity contribution in [3.63, 3.8) is 0 Å². The first-order chi connectivity index (χ1) is 9.35. The van der Waals surface area contributed by atoms with Crippen LogP contribution in [-0.2, 0) is 9.59 Å². The van der Waals surface area contributed by atoms with Gasteiger partial charge in [-0.05, 0) is 0 Å². The van der Waals surface area contributed by atoms with Crippen molar-refractivity contribution in [3.05, 3.63) is 16.3 Å². The highest BCUT2D eigenvalue weighted by Gasteiger charge is 2.25. The normalized spacial score (nSPS) is 9.85. The molecule has 1 heterocycles. The van der Waals surface area contributed by atoms with Gasteiger partial charge in [0.15, 0.2) is 0 Å². The highest BCUT2D eigenvalue weighted by molar-refractivity contribution is 5.85. The first-order valence-corrected chi connectivity index (χ1v) is 5.36. The monoisotopic (exact) mass is 283 g/mol. The van der Waals surface area contributed by atoms with E-state index in [2.05, 4.69) is 15.3 Å². The summed E-state index contributed by atoms with van der Waals surface area (Å²) in [7, 11) is 1.51. The number of carbonyl (C=O) groups excluding carboxylic acids is 2. The van der Waals surface area contributed by atoms with Crippen molar-refractivity contribution in [3.8, 4) is 0 Å². The van der Waals surface area contributed by atoms with Gasteiger partial charge in [0.1, 0.15) is 6.20 Å². The van der Waals surface area contributed by atoms with E-state index in [1.807, 2.05) is 0 Å². The lowest BCUT2D eigenvalue weighted by Crippen LogP contribution is -2.40. The van der Waals surface area contributed by atoms with Gasteiger partial charge in [0.05, 0.1) is 18.0 Å². The third-order valence-electron chi connectivity index (χ3n) is 2.16. The Labute approximate surface area is 113 Å². The smallest absolute Gasteiger partial charge is 0.329 e. The number of hydrogen-bond donors (Lipinski definition) is 3. The van der Waals surface area contributed by atoms with Crippen LogP contribution in [0.4, 0.5) is 17.5 Å². The lowest BCUT2D eigenvalue weighted by molar-refractivity contribution is -0.384. The Morgan fingerprint density at radius 2 is 1.95 bits per heavy atom. The van der Waals surface area contributed by atoms with Gasteiger partial charge in [0.25, 0.3) is 0 Å². The molecule has 0 aliphatic carbocycles. The lowest BCUT2D eigenvalue weighted by Gasteiger charge is -2.20. The van der Waals surface area contributed by atoms with Crippen molar-refractivity contribution in [1.29, 1.82) is 0 Å². The number of nitrogens with two attached hydrogens (primary N) is 2. The zero-order valence-corrected chi connectivity index (χ0v) is 10.6. The van der Waals surface area contributed by atoms with E-state index in [9.17, 15) is 19.7 Å². The second-order valence-corrected chi connectivity index (χ2v) is 3.70. The molecule has 0 aliphatic rings. The highest BCUT2D eigenvalue weighted by atomic mass is 16.6. The van der Waals surface area contributed by atoms with Crippen molar-refractivity contribution < 1.29 is 14.5 Å². The van der Waals surface area contributed by atoms with Gasteiger partial charge in [-0.1, -0.05) is 0 Å². The van der Waals surface area contributed by atoms with Crippen LogP contribution in [0.2, 0.25) is 0 Å². The molecule has 5 N–H and O–H groups in total. The van der Waals surface area contributed by atoms with Gasteiger partial charge in [0.2, 0.25) is 23.6 Å². The van der Waals surface area contributed by atoms with Gasteiger partial charge in [0, 0.05) is 7.05 Å². The fourth-order valence-electron chi connectivity index (χ4n) is 1.43. The second kappa shape index (κ2) is 6.26. The molecule has 0 unspecified atom stereocenters. The summed E-state index contributed by atoms with van der Waals surface area (Å²) in [4.78, 5) is 40.8. The summed E-state index contributed by atoms with van der Waals surface area (Å²) in [5.41, 5.74) is 9.62. The van der Waals surface area contributed by atoms with Crippen LogP contribution in [0.3, 0.4) is 0 Å². The summed E-state index contributed by atoms with van der Waals surface area (Å²) < 4.78 is 0. The molecule has 1 aromatic heterocycles. The van der Waals surface area contributed by atoms with Crippen molar-refractivity contribution >= 4 is 29.3 Å². The largest absolute Gasteiger partial charge is 0.368 e. The van der Waals surface area contributed by atoms with E-state index in [1.165, 1.54) is 7.05 Å². The predicted octanol–water partition coefficient (Wildman–Crippen LogP) is -1.80. The molecular weight excluding hydrogens is 270 g/mol. The number of hydrogen-bond acceptors (Lipinski definition) is 8. The second-order valence-electron chi connectivity index (χ2n) is 3.70. The molecule has 0 spiro atoms. The number of aromatic nitrogens is 2. The minimum Gasteiger partial charge on any atom is -0.368 e. The van der Waals surface area contributed by atoms with Crippen LogP contribution in [0.1, 0.15) is 0 Å². The number of nitro groups is 1. The Morgan fingerprint density at radius 1 is 1.40 bits per heavy atom. The lowest BCUT2D eigenvalue weighted by atomic mass is 10.3. The molecule has 11 nitrogen and oxygen atoms in total. The number of nitrogens with one attached hydrogen (secondary N) is 1. The Kier molecular flexibility index (Phi) is 4.72. The maximum absolute atomic E-state index is 11.0. The van der Waals surface area contributed by atoms with E-state index in [0.29, 0.717) is 0 Å². The van der Waals surface area contributed by atoms with Gasteiger partial charge in [-0.3, -0.25) is 19.7 Å². The minimum absolute atomic E-state index is 0.0875. The highest BCUT2D eigenvalue weighted by Crippen LogP contribution is 2.25. The summed E-state index contributed by atoms with van der Waals surface area (Å²) in [5.74, 6) is -1.70. The SMILES string of the molecule is CNc1ncc([N+](=O)[O-])c(N(CC(N)=O)CC(N)=O)n1. The number of carbonyl (C=O) groups is 2. The molecule has 0 atom stereocenters. The molecule has 20 heavy (non-hydrogen) atoms. The first kappa shape index (κ1) is 15.1. The molecule has 2 amide bonds. The zero-order chi connectivity index (χ0) is 15.3. The molecule has 0 bridgehead atoms. The fourth-order valence-corrected chi connectivity index (χ4v) is 1.43. The van der Waals surface area contributed by atoms with E-state index in [1.54, 1.807) is 0 Å². The third-order valence-corrected chi connectivity index (χ3v) is 2.16. The number of nitrogens with zero attached hydrogens (tertiary/aromatic N) is 4. The molecule has 0 aliphatic heterocycles.